The molecule has 0 bridgehead atoms. The molecule has 0 atom stereocenters. The summed E-state index contributed by atoms with van der Waals surface area (Å²) in [6.07, 6.45) is 1.43. The maximum Gasteiger partial charge on any atom is 0.348 e. The number of anilines is 2. The summed E-state index contributed by atoms with van der Waals surface area (Å²) in [5, 5.41) is 8.47. The molecule has 0 spiro atoms. The minimum atomic E-state index is -0.569. The van der Waals surface area contributed by atoms with E-state index in [-0.39, 0.29) is 5.69 Å². The Labute approximate surface area is 156 Å². The lowest BCUT2D eigenvalue weighted by Gasteiger charge is -2.03. The molecule has 1 aromatic carbocycles. The number of ether oxygens (including phenoxy) is 1. The molecule has 0 unspecified atom stereocenters. The lowest BCUT2D eigenvalue weighted by molar-refractivity contribution is -0.114. The summed E-state index contributed by atoms with van der Waals surface area (Å²) in [5.74, 6) is -1.39. The molecule has 2 amide bonds. The zero-order valence-electron chi connectivity index (χ0n) is 14.1. The number of rotatable bonds is 6. The summed E-state index contributed by atoms with van der Waals surface area (Å²) in [5.41, 5.74) is 1.13. The molecule has 138 valence electrons. The van der Waals surface area contributed by atoms with Crippen molar-refractivity contribution in [2.75, 3.05) is 24.3 Å². The lowest BCUT2D eigenvalue weighted by Crippen LogP contribution is -2.14. The number of hydrogen-bond donors (Lipinski definition) is 3. The molecule has 27 heavy (non-hydrogen) atoms. The second kappa shape index (κ2) is 7.79. The summed E-state index contributed by atoms with van der Waals surface area (Å²) >= 11 is 1.30. The van der Waals surface area contributed by atoms with Gasteiger partial charge in [0, 0.05) is 16.6 Å². The van der Waals surface area contributed by atoms with Crippen molar-refractivity contribution in [3.05, 3.63) is 52.0 Å². The summed E-state index contributed by atoms with van der Waals surface area (Å²) < 4.78 is 5.60. The lowest BCUT2D eigenvalue weighted by atomic mass is 10.2. The number of carbonyl (C=O) groups is 3. The fraction of sp³-hybridized carbons (Fsp3) is 0.118. The van der Waals surface area contributed by atoms with Crippen LogP contribution in [0, 0.1) is 4.91 Å². The predicted octanol–water partition coefficient (Wildman–Crippen LogP) is 2.97. The van der Waals surface area contributed by atoms with Crippen molar-refractivity contribution in [1.82, 2.24) is 4.98 Å². The number of amides is 2. The van der Waals surface area contributed by atoms with E-state index in [1.165, 1.54) is 30.7 Å². The molecule has 3 rings (SSSR count). The van der Waals surface area contributed by atoms with Gasteiger partial charge in [-0.2, -0.15) is 4.91 Å². The van der Waals surface area contributed by atoms with Gasteiger partial charge in [0.05, 0.1) is 12.8 Å². The van der Waals surface area contributed by atoms with Gasteiger partial charge in [-0.1, -0.05) is 5.18 Å². The Morgan fingerprint density at radius 3 is 2.70 bits per heavy atom. The number of methoxy groups -OCH3 is 1. The van der Waals surface area contributed by atoms with Crippen LogP contribution in [0.5, 0.6) is 0 Å². The number of fused-ring (bicyclic) bond motifs is 1. The quantitative estimate of drug-likeness (QED) is 0.443. The highest BCUT2D eigenvalue weighted by molar-refractivity contribution is 7.20. The molecule has 2 aromatic heterocycles. The van der Waals surface area contributed by atoms with E-state index in [0.717, 1.165) is 10.1 Å². The van der Waals surface area contributed by atoms with Gasteiger partial charge in [0.1, 0.15) is 10.6 Å². The maximum absolute atomic E-state index is 12.3. The van der Waals surface area contributed by atoms with E-state index >= 15 is 0 Å². The third kappa shape index (κ3) is 4.18. The second-order valence-electron chi connectivity index (χ2n) is 5.45. The highest BCUT2D eigenvalue weighted by Crippen LogP contribution is 2.28. The molecular weight excluding hydrogens is 372 g/mol. The molecule has 10 heteroatoms. The number of nitroso groups, excluding NO2 is 1. The Kier molecular flexibility index (Phi) is 5.27. The number of thiophene rings is 1. The van der Waals surface area contributed by atoms with Crippen LogP contribution in [0.15, 0.2) is 41.7 Å². The van der Waals surface area contributed by atoms with Gasteiger partial charge in [-0.25, -0.2) is 4.79 Å². The van der Waals surface area contributed by atoms with Crippen molar-refractivity contribution in [1.29, 1.82) is 0 Å². The number of esters is 1. The van der Waals surface area contributed by atoms with Crippen molar-refractivity contribution >= 4 is 50.6 Å². The van der Waals surface area contributed by atoms with E-state index in [4.69, 9.17) is 4.74 Å². The van der Waals surface area contributed by atoms with E-state index in [1.807, 2.05) is 0 Å². The minimum absolute atomic E-state index is 0.227. The van der Waals surface area contributed by atoms with Crippen LogP contribution in [0.3, 0.4) is 0 Å². The summed E-state index contributed by atoms with van der Waals surface area (Å²) in [6, 6.07) is 8.41. The molecule has 3 N–H and O–H groups in total. The highest BCUT2D eigenvalue weighted by atomic mass is 32.1. The first-order chi connectivity index (χ1) is 13.0. The molecule has 3 aromatic rings. The van der Waals surface area contributed by atoms with Gasteiger partial charge >= 0.3 is 5.97 Å². The summed E-state index contributed by atoms with van der Waals surface area (Å²) in [6.45, 7) is -0.499. The Hall–Kier alpha value is -3.53. The number of hydrogen-bond acceptors (Lipinski definition) is 7. The number of nitrogens with zero attached hydrogens (tertiary/aromatic N) is 1. The zero-order chi connectivity index (χ0) is 19.4. The third-order valence-electron chi connectivity index (χ3n) is 3.58. The number of H-pyrrole nitrogens is 1. The minimum Gasteiger partial charge on any atom is -0.465 e. The first kappa shape index (κ1) is 18.3. The molecule has 0 aliphatic heterocycles. The van der Waals surface area contributed by atoms with Crippen molar-refractivity contribution < 1.29 is 19.1 Å². The number of aromatic nitrogens is 1. The van der Waals surface area contributed by atoms with Crippen LogP contribution in [0.4, 0.5) is 11.4 Å². The van der Waals surface area contributed by atoms with Crippen LogP contribution in [-0.4, -0.2) is 36.4 Å². The molecule has 0 radical (unpaired) electrons. The average Bonchev–Trinajstić information content (AvgIpc) is 3.27. The van der Waals surface area contributed by atoms with Crippen LogP contribution < -0.4 is 10.6 Å². The molecule has 0 saturated carbocycles. The smallest absolute Gasteiger partial charge is 0.348 e. The molecule has 2 heterocycles. The monoisotopic (exact) mass is 386 g/mol. The van der Waals surface area contributed by atoms with Gasteiger partial charge in [0.15, 0.2) is 6.54 Å². The van der Waals surface area contributed by atoms with E-state index in [1.54, 1.807) is 24.3 Å². The standard InChI is InChI=1S/C17H14N4O5S/c1-26-17(24)14-5-9-4-10(2-3-13(9)27-14)21-16(23)12-6-11(7-18-12)20-15(22)8-19-25/h2-7,18H,8H2,1H3,(H,20,22)(H,21,23). The Morgan fingerprint density at radius 2 is 1.96 bits per heavy atom. The topological polar surface area (TPSA) is 130 Å². The van der Waals surface area contributed by atoms with Crippen LogP contribution in [0.2, 0.25) is 0 Å². The predicted molar refractivity (Wildman–Crippen MR) is 101 cm³/mol. The number of benzene rings is 1. The van der Waals surface area contributed by atoms with Crippen LogP contribution >= 0.6 is 11.3 Å². The summed E-state index contributed by atoms with van der Waals surface area (Å²) in [4.78, 5) is 48.6. The highest BCUT2D eigenvalue weighted by Gasteiger charge is 2.13. The van der Waals surface area contributed by atoms with Crippen LogP contribution in [-0.2, 0) is 9.53 Å². The van der Waals surface area contributed by atoms with Crippen molar-refractivity contribution in [2.45, 2.75) is 0 Å². The van der Waals surface area contributed by atoms with Gasteiger partial charge in [0.25, 0.3) is 5.91 Å². The normalized spacial score (nSPS) is 10.4. The van der Waals surface area contributed by atoms with Gasteiger partial charge in [-0.15, -0.1) is 11.3 Å². The van der Waals surface area contributed by atoms with Crippen LogP contribution in [0.1, 0.15) is 20.2 Å². The first-order valence-corrected chi connectivity index (χ1v) is 8.52. The summed E-state index contributed by atoms with van der Waals surface area (Å²) in [7, 11) is 1.32. The van der Waals surface area contributed by atoms with Gasteiger partial charge in [-0.3, -0.25) is 9.59 Å². The van der Waals surface area contributed by atoms with Crippen molar-refractivity contribution in [3.63, 3.8) is 0 Å². The van der Waals surface area contributed by atoms with Crippen molar-refractivity contribution in [2.24, 2.45) is 5.18 Å². The largest absolute Gasteiger partial charge is 0.465 e. The fourth-order valence-electron chi connectivity index (χ4n) is 2.38. The zero-order valence-corrected chi connectivity index (χ0v) is 14.9. The number of aromatic amines is 1. The maximum atomic E-state index is 12.3. The number of nitrogens with one attached hydrogen (secondary N) is 3. The van der Waals surface area contributed by atoms with E-state index in [9.17, 15) is 19.3 Å². The van der Waals surface area contributed by atoms with Gasteiger partial charge < -0.3 is 20.4 Å². The molecule has 9 nitrogen and oxygen atoms in total. The fourth-order valence-corrected chi connectivity index (χ4v) is 3.34. The van der Waals surface area contributed by atoms with Crippen molar-refractivity contribution in [3.8, 4) is 0 Å². The Balaban J connectivity index is 1.72. The third-order valence-corrected chi connectivity index (χ3v) is 4.68. The Bertz CT molecular complexity index is 1040. The van der Waals surface area contributed by atoms with E-state index in [2.05, 4.69) is 20.8 Å². The molecule has 0 aliphatic rings. The second-order valence-corrected chi connectivity index (χ2v) is 6.53. The molecule has 0 saturated heterocycles. The number of carbonyl (C=O) groups excluding carboxylic acids is 3. The molecule has 0 aliphatic carbocycles. The SMILES string of the molecule is COC(=O)c1cc2cc(NC(=O)c3cc(NC(=O)CN=O)c[nH]3)ccc2s1. The average molecular weight is 386 g/mol. The van der Waals surface area contributed by atoms with Gasteiger partial charge in [0.2, 0.25) is 5.91 Å². The Morgan fingerprint density at radius 1 is 1.15 bits per heavy atom. The first-order valence-electron chi connectivity index (χ1n) is 7.71. The molecular formula is C17H14N4O5S. The van der Waals surface area contributed by atoms with E-state index in [0.29, 0.717) is 16.3 Å². The van der Waals surface area contributed by atoms with E-state index < -0.39 is 24.3 Å². The van der Waals surface area contributed by atoms with Gasteiger partial charge in [-0.05, 0) is 35.7 Å². The van der Waals surface area contributed by atoms with Crippen LogP contribution in [0.25, 0.3) is 10.1 Å². The molecule has 0 fully saturated rings.